The highest BCUT2D eigenvalue weighted by molar-refractivity contribution is 5.75. The summed E-state index contributed by atoms with van der Waals surface area (Å²) >= 11 is 0. The monoisotopic (exact) mass is 274 g/mol. The first-order valence-corrected chi connectivity index (χ1v) is 7.52. The number of hydrogen-bond acceptors (Lipinski definition) is 2. The maximum absolute atomic E-state index is 12.4. The number of hydrogen-bond donors (Lipinski definition) is 2. The third kappa shape index (κ3) is 2.80. The summed E-state index contributed by atoms with van der Waals surface area (Å²) in [6, 6.07) is 8.38. The summed E-state index contributed by atoms with van der Waals surface area (Å²) in [7, 11) is 0. The van der Waals surface area contributed by atoms with E-state index in [0.29, 0.717) is 12.5 Å². The minimum Gasteiger partial charge on any atom is -0.395 e. The zero-order chi connectivity index (χ0) is 13.9. The molecule has 0 aromatic heterocycles. The Hall–Kier alpha value is -1.55. The zero-order valence-corrected chi connectivity index (χ0v) is 11.7. The Balaban J connectivity index is 1.71. The molecular weight excluding hydrogens is 252 g/mol. The predicted molar refractivity (Wildman–Crippen MR) is 77.4 cm³/mol. The van der Waals surface area contributed by atoms with Gasteiger partial charge in [-0.1, -0.05) is 24.3 Å². The van der Waals surface area contributed by atoms with Crippen LogP contribution in [0.4, 0.5) is 4.79 Å². The minimum absolute atomic E-state index is 0.00944. The number of nitrogens with zero attached hydrogens (tertiary/aromatic N) is 1. The van der Waals surface area contributed by atoms with Crippen molar-refractivity contribution >= 4 is 6.03 Å². The largest absolute Gasteiger partial charge is 0.395 e. The van der Waals surface area contributed by atoms with Gasteiger partial charge in [-0.25, -0.2) is 4.79 Å². The number of fused-ring (bicyclic) bond motifs is 1. The van der Waals surface area contributed by atoms with Crippen LogP contribution in [0.2, 0.25) is 0 Å². The van der Waals surface area contributed by atoms with Gasteiger partial charge in [0, 0.05) is 13.1 Å². The van der Waals surface area contributed by atoms with Crippen molar-refractivity contribution in [2.75, 3.05) is 19.7 Å². The maximum Gasteiger partial charge on any atom is 0.318 e. The molecule has 0 aliphatic heterocycles. The molecule has 0 radical (unpaired) electrons. The molecule has 1 unspecified atom stereocenters. The lowest BCUT2D eigenvalue weighted by molar-refractivity contribution is 0.151. The Bertz CT molecular complexity index is 485. The second kappa shape index (κ2) is 5.83. The fraction of sp³-hybridized carbons (Fsp3) is 0.562. The Labute approximate surface area is 119 Å². The summed E-state index contributed by atoms with van der Waals surface area (Å²) in [6.45, 7) is 1.18. The summed E-state index contributed by atoms with van der Waals surface area (Å²) in [6.07, 6.45) is 4.42. The predicted octanol–water partition coefficient (Wildman–Crippen LogP) is 2.09. The summed E-state index contributed by atoms with van der Waals surface area (Å²) in [4.78, 5) is 14.2. The van der Waals surface area contributed by atoms with Gasteiger partial charge in [-0.3, -0.25) is 0 Å². The smallest absolute Gasteiger partial charge is 0.318 e. The molecule has 1 fully saturated rings. The average Bonchev–Trinajstić information content (AvgIpc) is 3.21. The van der Waals surface area contributed by atoms with Crippen LogP contribution >= 0.6 is 0 Å². The molecule has 1 atom stereocenters. The first kappa shape index (κ1) is 13.4. The Morgan fingerprint density at radius 3 is 2.85 bits per heavy atom. The molecule has 0 bridgehead atoms. The maximum atomic E-state index is 12.4. The number of amides is 2. The van der Waals surface area contributed by atoms with Crippen molar-refractivity contribution < 1.29 is 9.90 Å². The summed E-state index contributed by atoms with van der Waals surface area (Å²) < 4.78 is 0. The van der Waals surface area contributed by atoms with Crippen molar-refractivity contribution in [3.05, 3.63) is 35.4 Å². The van der Waals surface area contributed by atoms with Gasteiger partial charge in [0.2, 0.25) is 0 Å². The van der Waals surface area contributed by atoms with Gasteiger partial charge < -0.3 is 15.3 Å². The van der Waals surface area contributed by atoms with Gasteiger partial charge in [0.25, 0.3) is 0 Å². The van der Waals surface area contributed by atoms with Crippen LogP contribution in [-0.2, 0) is 6.42 Å². The lowest BCUT2D eigenvalue weighted by Gasteiger charge is -2.29. The topological polar surface area (TPSA) is 52.6 Å². The molecule has 2 aliphatic rings. The fourth-order valence-electron chi connectivity index (χ4n) is 3.02. The fourth-order valence-corrected chi connectivity index (χ4v) is 3.02. The number of nitrogens with one attached hydrogen (secondary N) is 1. The Morgan fingerprint density at radius 2 is 2.10 bits per heavy atom. The van der Waals surface area contributed by atoms with Crippen molar-refractivity contribution in [3.8, 4) is 0 Å². The number of carbonyl (C=O) groups is 1. The van der Waals surface area contributed by atoms with Crippen LogP contribution in [0.15, 0.2) is 24.3 Å². The quantitative estimate of drug-likeness (QED) is 0.864. The molecule has 4 heteroatoms. The Kier molecular flexibility index (Phi) is 3.92. The molecular formula is C16H22N2O2. The Morgan fingerprint density at radius 1 is 1.30 bits per heavy atom. The van der Waals surface area contributed by atoms with E-state index in [1.54, 1.807) is 4.90 Å². The van der Waals surface area contributed by atoms with Gasteiger partial charge in [-0.2, -0.15) is 0 Å². The van der Waals surface area contributed by atoms with E-state index >= 15 is 0 Å². The SMILES string of the molecule is O=C(NCC1CC1)N(CCO)C1CCc2ccccc21. The standard InChI is InChI=1S/C16H22N2O2/c19-10-9-18(16(20)17-11-12-5-6-12)15-8-7-13-3-1-2-4-14(13)15/h1-4,12,15,19H,5-11H2,(H,17,20). The van der Waals surface area contributed by atoms with Gasteiger partial charge in [0.15, 0.2) is 0 Å². The molecule has 0 saturated heterocycles. The second-order valence-corrected chi connectivity index (χ2v) is 5.80. The number of aliphatic hydroxyl groups is 1. The zero-order valence-electron chi connectivity index (χ0n) is 11.7. The molecule has 2 N–H and O–H groups in total. The summed E-state index contributed by atoms with van der Waals surface area (Å²) in [5, 5.41) is 12.3. The van der Waals surface area contributed by atoms with E-state index in [9.17, 15) is 9.90 Å². The van der Waals surface area contributed by atoms with Crippen LogP contribution in [-0.4, -0.2) is 35.7 Å². The van der Waals surface area contributed by atoms with Gasteiger partial charge in [-0.15, -0.1) is 0 Å². The summed E-state index contributed by atoms with van der Waals surface area (Å²) in [5.74, 6) is 0.672. The second-order valence-electron chi connectivity index (χ2n) is 5.80. The van der Waals surface area contributed by atoms with Crippen LogP contribution < -0.4 is 5.32 Å². The molecule has 0 heterocycles. The first-order chi connectivity index (χ1) is 9.79. The van der Waals surface area contributed by atoms with Gasteiger partial charge >= 0.3 is 6.03 Å². The molecule has 2 aliphatic carbocycles. The average molecular weight is 274 g/mol. The van der Waals surface area contributed by atoms with Crippen molar-refractivity contribution in [1.29, 1.82) is 0 Å². The third-order valence-electron chi connectivity index (χ3n) is 4.32. The van der Waals surface area contributed by atoms with Crippen molar-refractivity contribution in [3.63, 3.8) is 0 Å². The van der Waals surface area contributed by atoms with E-state index in [1.807, 2.05) is 12.1 Å². The van der Waals surface area contributed by atoms with Crippen LogP contribution in [0.1, 0.15) is 36.4 Å². The highest BCUT2D eigenvalue weighted by atomic mass is 16.3. The normalized spacial score (nSPS) is 20.6. The van der Waals surface area contributed by atoms with E-state index in [2.05, 4.69) is 17.4 Å². The molecule has 2 amide bonds. The highest BCUT2D eigenvalue weighted by Crippen LogP contribution is 2.35. The number of aliphatic hydroxyl groups excluding tert-OH is 1. The van der Waals surface area contributed by atoms with Gasteiger partial charge in [-0.05, 0) is 42.7 Å². The van der Waals surface area contributed by atoms with Crippen LogP contribution in [0, 0.1) is 5.92 Å². The lowest BCUT2D eigenvalue weighted by atomic mass is 10.1. The molecule has 1 saturated carbocycles. The number of aryl methyl sites for hydroxylation is 1. The summed E-state index contributed by atoms with van der Waals surface area (Å²) in [5.41, 5.74) is 2.57. The molecule has 4 nitrogen and oxygen atoms in total. The van der Waals surface area contributed by atoms with Crippen molar-refractivity contribution in [2.45, 2.75) is 31.7 Å². The van der Waals surface area contributed by atoms with Crippen molar-refractivity contribution in [2.24, 2.45) is 5.92 Å². The first-order valence-electron chi connectivity index (χ1n) is 7.52. The number of benzene rings is 1. The molecule has 108 valence electrons. The molecule has 3 rings (SSSR count). The van der Waals surface area contributed by atoms with Crippen molar-refractivity contribution in [1.82, 2.24) is 10.2 Å². The van der Waals surface area contributed by atoms with Crippen LogP contribution in [0.25, 0.3) is 0 Å². The van der Waals surface area contributed by atoms with E-state index < -0.39 is 0 Å². The van der Waals surface area contributed by atoms with E-state index in [4.69, 9.17) is 0 Å². The molecule has 1 aromatic rings. The highest BCUT2D eigenvalue weighted by Gasteiger charge is 2.31. The number of rotatable bonds is 5. The van der Waals surface area contributed by atoms with E-state index in [-0.39, 0.29) is 18.7 Å². The van der Waals surface area contributed by atoms with E-state index in [0.717, 1.165) is 19.4 Å². The van der Waals surface area contributed by atoms with Gasteiger partial charge in [0.05, 0.1) is 12.6 Å². The molecule has 0 spiro atoms. The van der Waals surface area contributed by atoms with E-state index in [1.165, 1.54) is 24.0 Å². The molecule has 1 aromatic carbocycles. The minimum atomic E-state index is -0.0346. The van der Waals surface area contributed by atoms with Crippen LogP contribution in [0.5, 0.6) is 0 Å². The lowest BCUT2D eigenvalue weighted by Crippen LogP contribution is -2.43. The third-order valence-corrected chi connectivity index (χ3v) is 4.32. The number of carbonyl (C=O) groups excluding carboxylic acids is 1. The number of urea groups is 1. The molecule has 20 heavy (non-hydrogen) atoms. The van der Waals surface area contributed by atoms with Gasteiger partial charge in [0.1, 0.15) is 0 Å². The van der Waals surface area contributed by atoms with Crippen LogP contribution in [0.3, 0.4) is 0 Å².